The van der Waals surface area contributed by atoms with Crippen molar-refractivity contribution in [1.29, 1.82) is 5.26 Å². The van der Waals surface area contributed by atoms with E-state index in [1.807, 2.05) is 50.2 Å². The third kappa shape index (κ3) is 6.47. The van der Waals surface area contributed by atoms with Crippen LogP contribution in [0.15, 0.2) is 57.1 Å². The molecule has 0 saturated heterocycles. The van der Waals surface area contributed by atoms with Crippen molar-refractivity contribution in [3.8, 4) is 17.6 Å². The predicted octanol–water partition coefficient (Wildman–Crippen LogP) is 6.87. The molecule has 2 aliphatic rings. The molecule has 1 heterocycles. The summed E-state index contributed by atoms with van der Waals surface area (Å²) >= 11 is 3.67. The molecule has 0 radical (unpaired) electrons. The maximum atomic E-state index is 13.5. The molecule has 0 spiro atoms. The van der Waals surface area contributed by atoms with Crippen molar-refractivity contribution in [2.24, 2.45) is 16.8 Å². The number of ether oxygens (including phenoxy) is 3. The summed E-state index contributed by atoms with van der Waals surface area (Å²) in [5.41, 5.74) is 4.85. The smallest absolute Gasteiger partial charge is 0.309 e. The lowest BCUT2D eigenvalue weighted by Crippen LogP contribution is -2.32. The van der Waals surface area contributed by atoms with Crippen molar-refractivity contribution < 1.29 is 23.8 Å². The second kappa shape index (κ2) is 13.3. The van der Waals surface area contributed by atoms with Gasteiger partial charge in [-0.05, 0) is 77.4 Å². The quantitative estimate of drug-likeness (QED) is 0.274. The van der Waals surface area contributed by atoms with Crippen LogP contribution in [0.2, 0.25) is 0 Å². The van der Waals surface area contributed by atoms with Gasteiger partial charge < -0.3 is 14.2 Å². The number of carbonyl (C=O) groups is 2. The molecule has 2 aromatic rings. The number of hydrogen-bond donors (Lipinski definition) is 0. The first-order valence-electron chi connectivity index (χ1n) is 13.7. The molecule has 7 nitrogen and oxygen atoms in total. The third-order valence-corrected chi connectivity index (χ3v) is 8.07. The molecular formula is C32H35BrN2O5. The lowest BCUT2D eigenvalue weighted by molar-refractivity contribution is -0.139. The molecule has 2 aromatic carbocycles. The van der Waals surface area contributed by atoms with Crippen molar-refractivity contribution in [1.82, 2.24) is 0 Å². The topological polar surface area (TPSA) is 98.0 Å². The van der Waals surface area contributed by atoms with E-state index in [4.69, 9.17) is 19.2 Å². The highest BCUT2D eigenvalue weighted by Gasteiger charge is 2.41. The Morgan fingerprint density at radius 3 is 2.50 bits per heavy atom. The van der Waals surface area contributed by atoms with Crippen LogP contribution in [0.25, 0.3) is 0 Å². The van der Waals surface area contributed by atoms with Gasteiger partial charge in [0.1, 0.15) is 6.61 Å². The molecule has 4 rings (SSSR count). The zero-order valence-corrected chi connectivity index (χ0v) is 25.0. The fraction of sp³-hybridized carbons (Fsp3) is 0.438. The number of allylic oxidation sites excluding steroid dienone is 2. The molecule has 1 aliphatic heterocycles. The minimum absolute atomic E-state index is 0.0891. The van der Waals surface area contributed by atoms with Crippen molar-refractivity contribution >= 4 is 33.4 Å². The van der Waals surface area contributed by atoms with Gasteiger partial charge in [-0.25, -0.2) is 0 Å². The number of Topliss-reactive ketones (excluding diaryl/α,β-unsaturated/α-hetero) is 1. The first-order valence-corrected chi connectivity index (χ1v) is 14.5. The first kappa shape index (κ1) is 29.5. The molecule has 3 atom stereocenters. The Morgan fingerprint density at radius 1 is 1.12 bits per heavy atom. The van der Waals surface area contributed by atoms with Crippen LogP contribution in [0.1, 0.15) is 69.1 Å². The van der Waals surface area contributed by atoms with E-state index >= 15 is 0 Å². The van der Waals surface area contributed by atoms with Crippen LogP contribution in [0, 0.1) is 23.2 Å². The summed E-state index contributed by atoms with van der Waals surface area (Å²) in [4.78, 5) is 29.8. The molecule has 0 bridgehead atoms. The Bertz CT molecular complexity index is 1370. The average molecular weight is 608 g/mol. The minimum Gasteiger partial charge on any atom is -0.490 e. The van der Waals surface area contributed by atoms with E-state index in [0.29, 0.717) is 47.1 Å². The van der Waals surface area contributed by atoms with Gasteiger partial charge in [0.25, 0.3) is 0 Å². The summed E-state index contributed by atoms with van der Waals surface area (Å²) in [6.07, 6.45) is 3.49. The summed E-state index contributed by atoms with van der Waals surface area (Å²) in [6, 6.07) is 13.8. The normalized spacial score (nSPS) is 20.4. The van der Waals surface area contributed by atoms with E-state index in [2.05, 4.69) is 28.9 Å². The summed E-state index contributed by atoms with van der Waals surface area (Å²) in [5.74, 6) is 0.230. The number of ketones is 1. The van der Waals surface area contributed by atoms with E-state index < -0.39 is 11.8 Å². The van der Waals surface area contributed by atoms with E-state index in [1.54, 1.807) is 0 Å². The number of halogens is 1. The Hall–Kier alpha value is -3.44. The van der Waals surface area contributed by atoms with Crippen LogP contribution in [-0.2, 0) is 27.4 Å². The molecule has 3 unspecified atom stereocenters. The zero-order chi connectivity index (χ0) is 28.8. The second-order valence-electron chi connectivity index (χ2n) is 10.3. The molecule has 0 N–H and O–H groups in total. The third-order valence-electron chi connectivity index (χ3n) is 7.48. The minimum atomic E-state index is -0.540. The number of nitrogens with zero attached hydrogens (tertiary/aromatic N) is 2. The van der Waals surface area contributed by atoms with Crippen LogP contribution in [0.3, 0.4) is 0 Å². The number of esters is 1. The number of nitriles is 1. The van der Waals surface area contributed by atoms with E-state index in [9.17, 15) is 14.9 Å². The lowest BCUT2D eigenvalue weighted by atomic mass is 9.70. The summed E-state index contributed by atoms with van der Waals surface area (Å²) < 4.78 is 17.6. The van der Waals surface area contributed by atoms with Gasteiger partial charge in [0.05, 0.1) is 36.6 Å². The molecule has 0 fully saturated rings. The van der Waals surface area contributed by atoms with Crippen molar-refractivity contribution in [2.45, 2.75) is 65.4 Å². The SMILES string of the molecule is CCCC1CC(=O)C2=C(C1)N=C(C)C(C#N)C2c1cc(Br)c(OCc2ccc(CC(=O)OC)cc2)c(OCC)c1. The van der Waals surface area contributed by atoms with Crippen LogP contribution in [0.5, 0.6) is 11.5 Å². The standard InChI is InChI=1S/C32H35BrN2O5/c1-5-7-22-12-26-31(27(36)13-22)30(24(17-34)19(3)35-26)23-15-25(33)32(28(16-23)39-6-2)40-18-21-10-8-20(9-11-21)14-29(37)38-4/h8-11,15-16,22,24,30H,5-7,12-14,18H2,1-4H3. The predicted molar refractivity (Wildman–Crippen MR) is 156 cm³/mol. The Morgan fingerprint density at radius 2 is 1.85 bits per heavy atom. The Labute approximate surface area is 244 Å². The van der Waals surface area contributed by atoms with Crippen LogP contribution < -0.4 is 9.47 Å². The highest BCUT2D eigenvalue weighted by Crippen LogP contribution is 2.48. The van der Waals surface area contributed by atoms with E-state index in [0.717, 1.165) is 47.4 Å². The summed E-state index contributed by atoms with van der Waals surface area (Å²) in [6.45, 7) is 6.63. The van der Waals surface area contributed by atoms with Gasteiger partial charge in [-0.1, -0.05) is 37.6 Å². The number of hydrogen-bond acceptors (Lipinski definition) is 7. The number of rotatable bonds is 10. The van der Waals surface area contributed by atoms with E-state index in [-0.39, 0.29) is 18.2 Å². The highest BCUT2D eigenvalue weighted by atomic mass is 79.9. The fourth-order valence-corrected chi connectivity index (χ4v) is 6.17. The molecular weight excluding hydrogens is 572 g/mol. The van der Waals surface area contributed by atoms with Gasteiger partial charge in [0.15, 0.2) is 17.3 Å². The van der Waals surface area contributed by atoms with Gasteiger partial charge in [-0.15, -0.1) is 0 Å². The molecule has 210 valence electrons. The Balaban J connectivity index is 1.64. The monoisotopic (exact) mass is 606 g/mol. The molecule has 1 aliphatic carbocycles. The summed E-state index contributed by atoms with van der Waals surface area (Å²) in [5, 5.41) is 10.1. The molecule has 0 saturated carbocycles. The number of carbonyl (C=O) groups excluding carboxylic acids is 2. The number of aliphatic imine (C=N–C) groups is 1. The molecule has 8 heteroatoms. The van der Waals surface area contributed by atoms with Crippen molar-refractivity contribution in [3.05, 3.63) is 68.8 Å². The lowest BCUT2D eigenvalue weighted by Gasteiger charge is -2.35. The number of benzene rings is 2. The molecule has 0 aromatic heterocycles. The van der Waals surface area contributed by atoms with E-state index in [1.165, 1.54) is 7.11 Å². The van der Waals surface area contributed by atoms with Crippen molar-refractivity contribution in [2.75, 3.05) is 13.7 Å². The maximum Gasteiger partial charge on any atom is 0.309 e. The highest BCUT2D eigenvalue weighted by molar-refractivity contribution is 9.10. The molecule has 0 amide bonds. The van der Waals surface area contributed by atoms with Crippen molar-refractivity contribution in [3.63, 3.8) is 0 Å². The largest absolute Gasteiger partial charge is 0.490 e. The fourth-order valence-electron chi connectivity index (χ4n) is 5.60. The molecule has 40 heavy (non-hydrogen) atoms. The first-order chi connectivity index (χ1) is 19.3. The van der Waals surface area contributed by atoms with Gasteiger partial charge in [-0.2, -0.15) is 5.26 Å². The van der Waals surface area contributed by atoms with Gasteiger partial charge in [0.2, 0.25) is 0 Å². The van der Waals surface area contributed by atoms with Crippen LogP contribution in [-0.4, -0.2) is 31.2 Å². The van der Waals surface area contributed by atoms with Crippen LogP contribution in [0.4, 0.5) is 0 Å². The average Bonchev–Trinajstić information content (AvgIpc) is 2.92. The van der Waals surface area contributed by atoms with Gasteiger partial charge in [-0.3, -0.25) is 14.6 Å². The van der Waals surface area contributed by atoms with Crippen LogP contribution >= 0.6 is 15.9 Å². The Kier molecular flexibility index (Phi) is 9.80. The van der Waals surface area contributed by atoms with Gasteiger partial charge in [0, 0.05) is 29.3 Å². The van der Waals surface area contributed by atoms with Gasteiger partial charge >= 0.3 is 5.97 Å². The summed E-state index contributed by atoms with van der Waals surface area (Å²) in [7, 11) is 1.37. The second-order valence-corrected chi connectivity index (χ2v) is 11.2. The zero-order valence-electron chi connectivity index (χ0n) is 23.5. The maximum absolute atomic E-state index is 13.5. The number of methoxy groups -OCH3 is 1.